The minimum Gasteiger partial charge on any atom is -0.496 e. The second kappa shape index (κ2) is 12.1. The summed E-state index contributed by atoms with van der Waals surface area (Å²) in [6.07, 6.45) is 0.660. The largest absolute Gasteiger partial charge is 0.496 e. The molecule has 0 saturated carbocycles. The van der Waals surface area contributed by atoms with E-state index in [-0.39, 0.29) is 24.8 Å². The summed E-state index contributed by atoms with van der Waals surface area (Å²) in [7, 11) is 3.02. The highest BCUT2D eigenvalue weighted by Gasteiger charge is 2.25. The fourth-order valence-electron chi connectivity index (χ4n) is 2.82. The predicted molar refractivity (Wildman–Crippen MR) is 113 cm³/mol. The van der Waals surface area contributed by atoms with Crippen molar-refractivity contribution < 1.29 is 28.5 Å². The van der Waals surface area contributed by atoms with Gasteiger partial charge in [0.05, 0.1) is 27.4 Å². The quantitative estimate of drug-likeness (QED) is 0.372. The number of nitrogens with zero attached hydrogens (tertiary/aromatic N) is 2. The Balaban J connectivity index is 2.27. The first-order valence-electron chi connectivity index (χ1n) is 9.75. The Kier molecular flexibility index (Phi) is 9.56. The molecule has 0 bridgehead atoms. The number of methoxy groups -OCH3 is 2. The second-order valence-corrected chi connectivity index (χ2v) is 7.10. The third kappa shape index (κ3) is 6.17. The number of hydrogen-bond acceptors (Lipinski definition) is 8. The number of carbonyl (C=O) groups excluding carboxylic acids is 2. The Hall–Kier alpha value is -2.65. The van der Waals surface area contributed by atoms with E-state index in [4.69, 9.17) is 18.9 Å². The maximum Gasteiger partial charge on any atom is 0.357 e. The molecule has 0 spiro atoms. The molecule has 0 fully saturated rings. The van der Waals surface area contributed by atoms with Gasteiger partial charge in [-0.05, 0) is 32.4 Å². The van der Waals surface area contributed by atoms with Gasteiger partial charge in [-0.15, -0.1) is 11.3 Å². The summed E-state index contributed by atoms with van der Waals surface area (Å²) in [5.41, 5.74) is 0.592. The van der Waals surface area contributed by atoms with Crippen LogP contribution in [-0.4, -0.2) is 62.3 Å². The van der Waals surface area contributed by atoms with Gasteiger partial charge in [-0.3, -0.25) is 4.79 Å². The van der Waals surface area contributed by atoms with E-state index in [9.17, 15) is 9.59 Å². The number of thiazole rings is 1. The molecule has 30 heavy (non-hydrogen) atoms. The van der Waals surface area contributed by atoms with E-state index in [2.05, 4.69) is 4.98 Å². The highest BCUT2D eigenvalue weighted by molar-refractivity contribution is 7.09. The van der Waals surface area contributed by atoms with Crippen LogP contribution in [0.2, 0.25) is 0 Å². The van der Waals surface area contributed by atoms with E-state index >= 15 is 0 Å². The summed E-state index contributed by atoms with van der Waals surface area (Å²) in [4.78, 5) is 31.3. The standard InChI is InChI=1S/C21H28N2O6S/c1-5-28-12-8-11-23(13-18-22-15(14-30-18)21(25)29-6-2)20(24)19-16(26-3)9-7-10-17(19)27-4/h7,9-10,14H,5-6,8,11-13H2,1-4H3. The third-order valence-electron chi connectivity index (χ3n) is 4.21. The predicted octanol–water partition coefficient (Wildman–Crippen LogP) is 3.41. The van der Waals surface area contributed by atoms with Gasteiger partial charge in [0, 0.05) is 25.1 Å². The lowest BCUT2D eigenvalue weighted by atomic mass is 10.1. The first-order chi connectivity index (χ1) is 14.5. The van der Waals surface area contributed by atoms with E-state index in [1.807, 2.05) is 6.92 Å². The maximum absolute atomic E-state index is 13.4. The van der Waals surface area contributed by atoms with Crippen LogP contribution in [0.3, 0.4) is 0 Å². The molecule has 0 saturated heterocycles. The summed E-state index contributed by atoms with van der Waals surface area (Å²) < 4.78 is 21.2. The Morgan fingerprint density at radius 3 is 2.40 bits per heavy atom. The maximum atomic E-state index is 13.4. The molecule has 1 aromatic heterocycles. The number of rotatable bonds is 12. The Morgan fingerprint density at radius 2 is 1.80 bits per heavy atom. The molecule has 0 aliphatic carbocycles. The van der Waals surface area contributed by atoms with Crippen molar-refractivity contribution in [2.75, 3.05) is 40.6 Å². The first kappa shape index (κ1) is 23.6. The molecule has 0 atom stereocenters. The molecule has 2 rings (SSSR count). The topological polar surface area (TPSA) is 87.2 Å². The van der Waals surface area contributed by atoms with Crippen LogP contribution in [0.1, 0.15) is 46.1 Å². The lowest BCUT2D eigenvalue weighted by molar-refractivity contribution is 0.0520. The molecule has 2 aromatic rings. The average molecular weight is 437 g/mol. The second-order valence-electron chi connectivity index (χ2n) is 6.16. The van der Waals surface area contributed by atoms with Crippen LogP contribution in [0.5, 0.6) is 11.5 Å². The molecule has 0 aliphatic heterocycles. The fraction of sp³-hybridized carbons (Fsp3) is 0.476. The number of ether oxygens (including phenoxy) is 4. The molecule has 9 heteroatoms. The molecule has 1 amide bonds. The zero-order valence-electron chi connectivity index (χ0n) is 17.8. The summed E-state index contributed by atoms with van der Waals surface area (Å²) >= 11 is 1.31. The van der Waals surface area contributed by atoms with Crippen LogP contribution >= 0.6 is 11.3 Å². The molecule has 1 aromatic carbocycles. The van der Waals surface area contributed by atoms with Crippen molar-refractivity contribution in [1.82, 2.24) is 9.88 Å². The van der Waals surface area contributed by atoms with Crippen LogP contribution in [0.4, 0.5) is 0 Å². The summed E-state index contributed by atoms with van der Waals surface area (Å²) in [6.45, 7) is 5.80. The van der Waals surface area contributed by atoms with Gasteiger partial charge in [0.2, 0.25) is 0 Å². The summed E-state index contributed by atoms with van der Waals surface area (Å²) in [6, 6.07) is 5.20. The number of amides is 1. The van der Waals surface area contributed by atoms with E-state index in [1.165, 1.54) is 25.6 Å². The SMILES string of the molecule is CCOCCCN(Cc1nc(C(=O)OCC)cs1)C(=O)c1c(OC)cccc1OC. The van der Waals surface area contributed by atoms with Crippen molar-refractivity contribution in [2.45, 2.75) is 26.8 Å². The number of carbonyl (C=O) groups is 2. The first-order valence-corrected chi connectivity index (χ1v) is 10.6. The highest BCUT2D eigenvalue weighted by atomic mass is 32.1. The van der Waals surface area contributed by atoms with Gasteiger partial charge in [-0.1, -0.05) is 6.07 Å². The van der Waals surface area contributed by atoms with Crippen molar-refractivity contribution >= 4 is 23.2 Å². The van der Waals surface area contributed by atoms with Crippen molar-refractivity contribution in [3.05, 3.63) is 39.8 Å². The summed E-state index contributed by atoms with van der Waals surface area (Å²) in [5, 5.41) is 2.27. The van der Waals surface area contributed by atoms with Crippen LogP contribution in [0, 0.1) is 0 Å². The number of hydrogen-bond donors (Lipinski definition) is 0. The molecule has 0 aliphatic rings. The van der Waals surface area contributed by atoms with Crippen molar-refractivity contribution in [3.8, 4) is 11.5 Å². The van der Waals surface area contributed by atoms with Gasteiger partial charge in [0.25, 0.3) is 5.91 Å². The van der Waals surface area contributed by atoms with E-state index in [0.717, 1.165) is 0 Å². The summed E-state index contributed by atoms with van der Waals surface area (Å²) in [5.74, 6) is 0.148. The van der Waals surface area contributed by atoms with Gasteiger partial charge < -0.3 is 23.8 Å². The van der Waals surface area contributed by atoms with Crippen molar-refractivity contribution in [1.29, 1.82) is 0 Å². The normalized spacial score (nSPS) is 10.5. The lowest BCUT2D eigenvalue weighted by Gasteiger charge is -2.23. The van der Waals surface area contributed by atoms with E-state index in [1.54, 1.807) is 35.4 Å². The Bertz CT molecular complexity index is 816. The smallest absolute Gasteiger partial charge is 0.357 e. The van der Waals surface area contributed by atoms with Gasteiger partial charge in [-0.25, -0.2) is 9.78 Å². The lowest BCUT2D eigenvalue weighted by Crippen LogP contribution is -2.32. The minimum atomic E-state index is -0.472. The van der Waals surface area contributed by atoms with Gasteiger partial charge in [0.1, 0.15) is 22.1 Å². The molecule has 0 unspecified atom stereocenters. The molecule has 0 radical (unpaired) electrons. The number of benzene rings is 1. The average Bonchev–Trinajstić information content (AvgIpc) is 3.23. The van der Waals surface area contributed by atoms with Gasteiger partial charge >= 0.3 is 5.97 Å². The van der Waals surface area contributed by atoms with Crippen molar-refractivity contribution in [3.63, 3.8) is 0 Å². The van der Waals surface area contributed by atoms with Crippen molar-refractivity contribution in [2.24, 2.45) is 0 Å². The highest BCUT2D eigenvalue weighted by Crippen LogP contribution is 2.30. The van der Waals surface area contributed by atoms with Gasteiger partial charge in [0.15, 0.2) is 5.69 Å². The third-order valence-corrected chi connectivity index (χ3v) is 5.05. The zero-order chi connectivity index (χ0) is 21.9. The van der Waals surface area contributed by atoms with Crippen LogP contribution in [-0.2, 0) is 16.0 Å². The minimum absolute atomic E-state index is 0.242. The molecular weight excluding hydrogens is 408 g/mol. The van der Waals surface area contributed by atoms with Crippen LogP contribution < -0.4 is 9.47 Å². The van der Waals surface area contributed by atoms with Crippen LogP contribution in [0.15, 0.2) is 23.6 Å². The van der Waals surface area contributed by atoms with E-state index < -0.39 is 5.97 Å². The number of esters is 1. The van der Waals surface area contributed by atoms with Gasteiger partial charge in [-0.2, -0.15) is 0 Å². The van der Waals surface area contributed by atoms with Crippen LogP contribution in [0.25, 0.3) is 0 Å². The Morgan fingerprint density at radius 1 is 1.10 bits per heavy atom. The van der Waals surface area contributed by atoms with E-state index in [0.29, 0.717) is 48.2 Å². The number of aromatic nitrogens is 1. The molecule has 8 nitrogen and oxygen atoms in total. The fourth-order valence-corrected chi connectivity index (χ4v) is 3.60. The zero-order valence-corrected chi connectivity index (χ0v) is 18.6. The molecular formula is C21H28N2O6S. The molecule has 164 valence electrons. The monoisotopic (exact) mass is 436 g/mol. The Labute approximate surface area is 180 Å². The molecule has 1 heterocycles. The molecule has 0 N–H and O–H groups in total.